The van der Waals surface area contributed by atoms with Gasteiger partial charge in [-0.05, 0) is 45.6 Å². The minimum Gasteiger partial charge on any atom is -0.305 e. The summed E-state index contributed by atoms with van der Waals surface area (Å²) in [5.41, 5.74) is 0.793. The van der Waals surface area contributed by atoms with Gasteiger partial charge in [0.25, 0.3) is 0 Å². The molecular formula is C15H21BrN2O. The molecule has 0 aromatic heterocycles. The first-order valence-corrected chi connectivity index (χ1v) is 7.53. The highest BCUT2D eigenvalue weighted by molar-refractivity contribution is 9.10. The van der Waals surface area contributed by atoms with E-state index in [-0.39, 0.29) is 5.78 Å². The van der Waals surface area contributed by atoms with Crippen molar-refractivity contribution in [3.8, 4) is 0 Å². The average molecular weight is 325 g/mol. The number of halogens is 1. The molecule has 2 rings (SSSR count). The molecule has 1 heterocycles. The number of rotatable bonds is 4. The predicted molar refractivity (Wildman–Crippen MR) is 81.6 cm³/mol. The Morgan fingerprint density at radius 2 is 2.26 bits per heavy atom. The average Bonchev–Trinajstić information content (AvgIpc) is 2.39. The zero-order chi connectivity index (χ0) is 13.8. The Balaban J connectivity index is 1.95. The SMILES string of the molecule is CN(C)C1CCCN(CC(=O)c2cccc(Br)c2)C1. The lowest BCUT2D eigenvalue weighted by Gasteiger charge is -2.35. The van der Waals surface area contributed by atoms with Gasteiger partial charge in [0.05, 0.1) is 6.54 Å². The number of ketones is 1. The van der Waals surface area contributed by atoms with Crippen molar-refractivity contribution in [3.63, 3.8) is 0 Å². The first-order valence-electron chi connectivity index (χ1n) is 6.74. The number of likely N-dealkylation sites (tertiary alicyclic amines) is 1. The van der Waals surface area contributed by atoms with Gasteiger partial charge in [0, 0.05) is 22.6 Å². The standard InChI is InChI=1S/C15H21BrN2O/c1-17(2)14-7-4-8-18(10-14)11-15(19)12-5-3-6-13(16)9-12/h3,5-6,9,14H,4,7-8,10-11H2,1-2H3. The molecule has 4 heteroatoms. The molecule has 0 bridgehead atoms. The topological polar surface area (TPSA) is 23.6 Å². The van der Waals surface area contributed by atoms with Crippen molar-refractivity contribution in [2.45, 2.75) is 18.9 Å². The molecule has 1 unspecified atom stereocenters. The number of Topliss-reactive ketones (excluding diaryl/α,β-unsaturated/α-hetero) is 1. The Morgan fingerprint density at radius 1 is 1.47 bits per heavy atom. The van der Waals surface area contributed by atoms with Gasteiger partial charge in [-0.3, -0.25) is 9.69 Å². The van der Waals surface area contributed by atoms with Crippen LogP contribution in [0.15, 0.2) is 28.7 Å². The summed E-state index contributed by atoms with van der Waals surface area (Å²) >= 11 is 3.41. The summed E-state index contributed by atoms with van der Waals surface area (Å²) in [5.74, 6) is 0.209. The number of carbonyl (C=O) groups excluding carboxylic acids is 1. The minimum absolute atomic E-state index is 0.209. The molecule has 1 aliphatic rings. The van der Waals surface area contributed by atoms with E-state index in [9.17, 15) is 4.79 Å². The first kappa shape index (κ1) is 14.7. The van der Waals surface area contributed by atoms with E-state index < -0.39 is 0 Å². The van der Waals surface area contributed by atoms with Crippen molar-refractivity contribution >= 4 is 21.7 Å². The fourth-order valence-corrected chi connectivity index (χ4v) is 2.95. The van der Waals surface area contributed by atoms with Crippen LogP contribution in [0.25, 0.3) is 0 Å². The van der Waals surface area contributed by atoms with E-state index in [0.29, 0.717) is 12.6 Å². The lowest BCUT2D eigenvalue weighted by molar-refractivity contribution is 0.0852. The highest BCUT2D eigenvalue weighted by Crippen LogP contribution is 2.16. The van der Waals surface area contributed by atoms with E-state index in [0.717, 1.165) is 23.1 Å². The Kier molecular flexibility index (Phi) is 5.13. The lowest BCUT2D eigenvalue weighted by atomic mass is 10.0. The fourth-order valence-electron chi connectivity index (χ4n) is 2.55. The summed E-state index contributed by atoms with van der Waals surface area (Å²) in [5, 5.41) is 0. The normalized spacial score (nSPS) is 20.7. The van der Waals surface area contributed by atoms with Crippen LogP contribution in [0.1, 0.15) is 23.2 Å². The van der Waals surface area contributed by atoms with Gasteiger partial charge in [-0.2, -0.15) is 0 Å². The highest BCUT2D eigenvalue weighted by atomic mass is 79.9. The molecule has 1 saturated heterocycles. The monoisotopic (exact) mass is 324 g/mol. The fraction of sp³-hybridized carbons (Fsp3) is 0.533. The van der Waals surface area contributed by atoms with E-state index in [2.05, 4.69) is 39.8 Å². The van der Waals surface area contributed by atoms with Gasteiger partial charge < -0.3 is 4.90 Å². The molecule has 0 saturated carbocycles. The number of benzene rings is 1. The maximum absolute atomic E-state index is 12.3. The molecule has 0 N–H and O–H groups in total. The second-order valence-corrected chi connectivity index (χ2v) is 6.34. The third-order valence-electron chi connectivity index (χ3n) is 3.72. The van der Waals surface area contributed by atoms with Gasteiger partial charge in [-0.15, -0.1) is 0 Å². The molecule has 1 aromatic carbocycles. The van der Waals surface area contributed by atoms with Crippen LogP contribution >= 0.6 is 15.9 Å². The highest BCUT2D eigenvalue weighted by Gasteiger charge is 2.23. The van der Waals surface area contributed by atoms with E-state index in [1.54, 1.807) is 0 Å². The molecule has 19 heavy (non-hydrogen) atoms. The zero-order valence-corrected chi connectivity index (χ0v) is 13.2. The molecule has 0 spiro atoms. The molecule has 0 aliphatic carbocycles. The maximum Gasteiger partial charge on any atom is 0.176 e. The summed E-state index contributed by atoms with van der Waals surface area (Å²) < 4.78 is 0.961. The quantitative estimate of drug-likeness (QED) is 0.795. The second-order valence-electron chi connectivity index (χ2n) is 5.43. The molecule has 1 aromatic rings. The predicted octanol–water partition coefficient (Wildman–Crippen LogP) is 2.66. The Bertz CT molecular complexity index is 448. The largest absolute Gasteiger partial charge is 0.305 e. The minimum atomic E-state index is 0.209. The van der Waals surface area contributed by atoms with Crippen LogP contribution in [0.5, 0.6) is 0 Å². The molecule has 0 radical (unpaired) electrons. The molecular weight excluding hydrogens is 304 g/mol. The van der Waals surface area contributed by atoms with Gasteiger partial charge in [0.2, 0.25) is 0 Å². The molecule has 0 amide bonds. The number of piperidine rings is 1. The van der Waals surface area contributed by atoms with E-state index >= 15 is 0 Å². The van der Waals surface area contributed by atoms with Gasteiger partial charge in [0.1, 0.15) is 0 Å². The van der Waals surface area contributed by atoms with Crippen molar-refractivity contribution in [1.29, 1.82) is 0 Å². The lowest BCUT2D eigenvalue weighted by Crippen LogP contribution is -2.46. The molecule has 104 valence electrons. The summed E-state index contributed by atoms with van der Waals surface area (Å²) in [6.07, 6.45) is 2.41. The number of nitrogens with zero attached hydrogens (tertiary/aromatic N) is 2. The van der Waals surface area contributed by atoms with Gasteiger partial charge in [-0.25, -0.2) is 0 Å². The Morgan fingerprint density at radius 3 is 2.95 bits per heavy atom. The Labute approximate surface area is 123 Å². The second kappa shape index (κ2) is 6.64. The summed E-state index contributed by atoms with van der Waals surface area (Å²) in [6, 6.07) is 8.22. The molecule has 1 atom stereocenters. The summed E-state index contributed by atoms with van der Waals surface area (Å²) in [6.45, 7) is 2.55. The van der Waals surface area contributed by atoms with E-state index in [4.69, 9.17) is 0 Å². The smallest absolute Gasteiger partial charge is 0.176 e. The van der Waals surface area contributed by atoms with Crippen LogP contribution in [0.3, 0.4) is 0 Å². The number of hydrogen-bond donors (Lipinski definition) is 0. The first-order chi connectivity index (χ1) is 9.06. The third kappa shape index (κ3) is 4.13. The molecule has 1 aliphatic heterocycles. The van der Waals surface area contributed by atoms with Crippen molar-refractivity contribution in [3.05, 3.63) is 34.3 Å². The number of likely N-dealkylation sites (N-methyl/N-ethyl adjacent to an activating group) is 1. The van der Waals surface area contributed by atoms with Crippen LogP contribution in [0.2, 0.25) is 0 Å². The van der Waals surface area contributed by atoms with E-state index in [1.807, 2.05) is 24.3 Å². The molecule has 1 fully saturated rings. The third-order valence-corrected chi connectivity index (χ3v) is 4.22. The van der Waals surface area contributed by atoms with Gasteiger partial charge in [0.15, 0.2) is 5.78 Å². The van der Waals surface area contributed by atoms with Crippen LogP contribution in [-0.2, 0) is 0 Å². The van der Waals surface area contributed by atoms with Crippen LogP contribution in [0.4, 0.5) is 0 Å². The van der Waals surface area contributed by atoms with Crippen LogP contribution in [-0.4, -0.2) is 55.4 Å². The van der Waals surface area contributed by atoms with Crippen molar-refractivity contribution in [2.24, 2.45) is 0 Å². The van der Waals surface area contributed by atoms with Crippen molar-refractivity contribution in [2.75, 3.05) is 33.7 Å². The van der Waals surface area contributed by atoms with Gasteiger partial charge >= 0.3 is 0 Å². The van der Waals surface area contributed by atoms with Gasteiger partial charge in [-0.1, -0.05) is 28.1 Å². The van der Waals surface area contributed by atoms with Crippen LogP contribution < -0.4 is 0 Å². The van der Waals surface area contributed by atoms with Crippen molar-refractivity contribution in [1.82, 2.24) is 9.80 Å². The molecule has 3 nitrogen and oxygen atoms in total. The summed E-state index contributed by atoms with van der Waals surface area (Å²) in [4.78, 5) is 16.8. The maximum atomic E-state index is 12.3. The zero-order valence-electron chi connectivity index (χ0n) is 11.6. The number of hydrogen-bond acceptors (Lipinski definition) is 3. The number of carbonyl (C=O) groups is 1. The Hall–Kier alpha value is -0.710. The van der Waals surface area contributed by atoms with Crippen LogP contribution in [0, 0.1) is 0 Å². The summed E-state index contributed by atoms with van der Waals surface area (Å²) in [7, 11) is 4.23. The van der Waals surface area contributed by atoms with E-state index in [1.165, 1.54) is 12.8 Å². The van der Waals surface area contributed by atoms with Crippen molar-refractivity contribution < 1.29 is 4.79 Å².